The first kappa shape index (κ1) is 13.6. The van der Waals surface area contributed by atoms with Crippen LogP contribution in [-0.4, -0.2) is 16.9 Å². The van der Waals surface area contributed by atoms with Crippen molar-refractivity contribution in [2.24, 2.45) is 5.73 Å². The van der Waals surface area contributed by atoms with Gasteiger partial charge in [0.05, 0.1) is 0 Å². The van der Waals surface area contributed by atoms with E-state index in [1.807, 2.05) is 24.3 Å². The summed E-state index contributed by atoms with van der Waals surface area (Å²) in [5.41, 5.74) is 7.33. The van der Waals surface area contributed by atoms with Gasteiger partial charge in [0, 0.05) is 36.7 Å². The molecule has 1 fully saturated rings. The van der Waals surface area contributed by atoms with E-state index in [9.17, 15) is 9.59 Å². The Balaban J connectivity index is 1.96. The van der Waals surface area contributed by atoms with Crippen molar-refractivity contribution >= 4 is 11.6 Å². The van der Waals surface area contributed by atoms with Crippen molar-refractivity contribution in [1.29, 1.82) is 0 Å². The largest absolute Gasteiger partial charge is 0.367 e. The number of amides is 1. The summed E-state index contributed by atoms with van der Waals surface area (Å²) in [4.78, 5) is 29.1. The molecule has 3 N–H and O–H groups in total. The second kappa shape index (κ2) is 5.54. The molecule has 1 amide bonds. The number of H-pyrrole nitrogens is 1. The van der Waals surface area contributed by atoms with Gasteiger partial charge < -0.3 is 15.6 Å². The van der Waals surface area contributed by atoms with Crippen LogP contribution in [0.5, 0.6) is 0 Å². The number of benzene rings is 1. The zero-order chi connectivity index (χ0) is 14.8. The molecule has 108 valence electrons. The van der Waals surface area contributed by atoms with E-state index in [4.69, 9.17) is 5.73 Å². The summed E-state index contributed by atoms with van der Waals surface area (Å²) in [5, 5.41) is 0. The molecule has 0 atom stereocenters. The number of nitrogens with zero attached hydrogens (tertiary/aromatic N) is 1. The van der Waals surface area contributed by atoms with E-state index in [1.54, 1.807) is 4.90 Å². The smallest absolute Gasteiger partial charge is 0.263 e. The maximum atomic E-state index is 12.7. The Morgan fingerprint density at radius 1 is 1.24 bits per heavy atom. The molecule has 5 nitrogen and oxygen atoms in total. The van der Waals surface area contributed by atoms with Crippen LogP contribution in [0.4, 0.5) is 5.69 Å². The molecule has 5 heteroatoms. The molecule has 0 bridgehead atoms. The summed E-state index contributed by atoms with van der Waals surface area (Å²) >= 11 is 0. The van der Waals surface area contributed by atoms with E-state index >= 15 is 0 Å². The van der Waals surface area contributed by atoms with Crippen LogP contribution in [0, 0.1) is 0 Å². The summed E-state index contributed by atoms with van der Waals surface area (Å²) < 4.78 is 0. The van der Waals surface area contributed by atoms with Gasteiger partial charge in [-0.1, -0.05) is 12.1 Å². The van der Waals surface area contributed by atoms with Crippen molar-refractivity contribution in [3.05, 3.63) is 64.1 Å². The van der Waals surface area contributed by atoms with Gasteiger partial charge in [0.25, 0.3) is 5.91 Å². The van der Waals surface area contributed by atoms with Crippen LogP contribution in [0.1, 0.15) is 28.8 Å². The van der Waals surface area contributed by atoms with Gasteiger partial charge in [-0.05, 0) is 30.5 Å². The minimum atomic E-state index is -0.261. The van der Waals surface area contributed by atoms with E-state index in [1.165, 1.54) is 18.5 Å². The fourth-order valence-electron chi connectivity index (χ4n) is 2.33. The first-order valence-electron chi connectivity index (χ1n) is 7.00. The van der Waals surface area contributed by atoms with Crippen molar-refractivity contribution in [2.75, 3.05) is 4.90 Å². The predicted molar refractivity (Wildman–Crippen MR) is 81.2 cm³/mol. The monoisotopic (exact) mass is 283 g/mol. The fourth-order valence-corrected chi connectivity index (χ4v) is 2.33. The number of aromatic nitrogens is 1. The quantitative estimate of drug-likeness (QED) is 0.895. The number of hydrogen-bond acceptors (Lipinski definition) is 3. The van der Waals surface area contributed by atoms with Crippen molar-refractivity contribution < 1.29 is 4.79 Å². The molecular weight excluding hydrogens is 266 g/mol. The Kier molecular flexibility index (Phi) is 3.58. The van der Waals surface area contributed by atoms with Crippen molar-refractivity contribution in [2.45, 2.75) is 25.4 Å². The molecule has 1 aliphatic rings. The van der Waals surface area contributed by atoms with Gasteiger partial charge in [0.1, 0.15) is 5.56 Å². The number of anilines is 1. The van der Waals surface area contributed by atoms with E-state index in [0.29, 0.717) is 6.54 Å². The zero-order valence-corrected chi connectivity index (χ0v) is 11.6. The van der Waals surface area contributed by atoms with Crippen molar-refractivity contribution in [1.82, 2.24) is 4.98 Å². The molecule has 0 aliphatic heterocycles. The predicted octanol–water partition coefficient (Wildman–Crippen LogP) is 1.64. The molecule has 0 radical (unpaired) electrons. The zero-order valence-electron chi connectivity index (χ0n) is 11.6. The first-order chi connectivity index (χ1) is 10.2. The molecule has 1 heterocycles. The lowest BCUT2D eigenvalue weighted by molar-refractivity contribution is 0.0984. The molecule has 2 aromatic rings. The summed E-state index contributed by atoms with van der Waals surface area (Å²) in [6.07, 6.45) is 4.93. The number of carbonyl (C=O) groups excluding carboxylic acids is 1. The Bertz CT molecular complexity index is 702. The third-order valence-corrected chi connectivity index (χ3v) is 3.64. The van der Waals surface area contributed by atoms with Crippen LogP contribution < -0.4 is 16.1 Å². The average Bonchev–Trinajstić information content (AvgIpc) is 3.33. The topological polar surface area (TPSA) is 79.2 Å². The molecule has 1 saturated carbocycles. The molecule has 1 aliphatic carbocycles. The number of aromatic amines is 1. The summed E-state index contributed by atoms with van der Waals surface area (Å²) in [5.74, 6) is -0.250. The molecule has 1 aromatic heterocycles. The highest BCUT2D eigenvalue weighted by atomic mass is 16.2. The lowest BCUT2D eigenvalue weighted by Gasteiger charge is -2.22. The van der Waals surface area contributed by atoms with E-state index < -0.39 is 0 Å². The van der Waals surface area contributed by atoms with Crippen LogP contribution in [0.2, 0.25) is 0 Å². The highest BCUT2D eigenvalue weighted by molar-refractivity contribution is 6.06. The second-order valence-corrected chi connectivity index (χ2v) is 5.20. The minimum absolute atomic E-state index is 0.173. The SMILES string of the molecule is NCc1ccc(N(C(=O)c2c[nH]ccc2=O)C2CC2)cc1. The van der Waals surface area contributed by atoms with Gasteiger partial charge in [0.2, 0.25) is 0 Å². The highest BCUT2D eigenvalue weighted by Gasteiger charge is 2.34. The third kappa shape index (κ3) is 2.73. The van der Waals surface area contributed by atoms with Crippen LogP contribution in [0.25, 0.3) is 0 Å². The van der Waals surface area contributed by atoms with Crippen LogP contribution >= 0.6 is 0 Å². The normalized spacial score (nSPS) is 14.0. The van der Waals surface area contributed by atoms with Gasteiger partial charge >= 0.3 is 0 Å². The maximum Gasteiger partial charge on any atom is 0.263 e. The van der Waals surface area contributed by atoms with Crippen LogP contribution in [0.3, 0.4) is 0 Å². The summed E-state index contributed by atoms with van der Waals surface area (Å²) in [7, 11) is 0. The van der Waals surface area contributed by atoms with Crippen molar-refractivity contribution in [3.63, 3.8) is 0 Å². The lowest BCUT2D eigenvalue weighted by atomic mass is 10.1. The average molecular weight is 283 g/mol. The Labute approximate surface area is 122 Å². The van der Waals surface area contributed by atoms with Crippen LogP contribution in [-0.2, 0) is 6.54 Å². The number of rotatable bonds is 4. The summed E-state index contributed by atoms with van der Waals surface area (Å²) in [6, 6.07) is 9.14. The number of hydrogen-bond donors (Lipinski definition) is 2. The first-order valence-corrected chi connectivity index (χ1v) is 7.00. The van der Waals surface area contributed by atoms with Crippen molar-refractivity contribution in [3.8, 4) is 0 Å². The molecule has 0 saturated heterocycles. The molecule has 0 unspecified atom stereocenters. The third-order valence-electron chi connectivity index (χ3n) is 3.64. The Morgan fingerprint density at radius 2 is 1.95 bits per heavy atom. The molecule has 0 spiro atoms. The van der Waals surface area contributed by atoms with E-state index in [-0.39, 0.29) is 22.9 Å². The second-order valence-electron chi connectivity index (χ2n) is 5.20. The van der Waals surface area contributed by atoms with Gasteiger partial charge in [-0.15, -0.1) is 0 Å². The number of nitrogens with two attached hydrogens (primary N) is 1. The minimum Gasteiger partial charge on any atom is -0.367 e. The van der Waals surface area contributed by atoms with Gasteiger partial charge in [-0.3, -0.25) is 9.59 Å². The van der Waals surface area contributed by atoms with E-state index in [2.05, 4.69) is 4.98 Å². The Hall–Kier alpha value is -2.40. The molecule has 1 aromatic carbocycles. The van der Waals surface area contributed by atoms with E-state index in [0.717, 1.165) is 24.1 Å². The number of nitrogens with one attached hydrogen (secondary N) is 1. The molecule has 3 rings (SSSR count). The maximum absolute atomic E-state index is 12.7. The molecule has 21 heavy (non-hydrogen) atoms. The number of carbonyl (C=O) groups is 1. The van der Waals surface area contributed by atoms with Gasteiger partial charge in [-0.2, -0.15) is 0 Å². The lowest BCUT2D eigenvalue weighted by Crippen LogP contribution is -2.36. The molecular formula is C16H17N3O2. The standard InChI is InChI=1S/C16H17N3O2/c17-9-11-1-3-12(4-2-11)19(13-5-6-13)16(21)14-10-18-8-7-15(14)20/h1-4,7-8,10,13H,5-6,9,17H2,(H,18,20). The summed E-state index contributed by atoms with van der Waals surface area (Å²) in [6.45, 7) is 0.468. The van der Waals surface area contributed by atoms with Crippen LogP contribution in [0.15, 0.2) is 47.5 Å². The number of pyridine rings is 1. The fraction of sp³-hybridized carbons (Fsp3) is 0.250. The highest BCUT2D eigenvalue weighted by Crippen LogP contribution is 2.32. The van der Waals surface area contributed by atoms with Gasteiger partial charge in [-0.25, -0.2) is 0 Å². The Morgan fingerprint density at radius 3 is 2.52 bits per heavy atom. The van der Waals surface area contributed by atoms with Gasteiger partial charge in [0.15, 0.2) is 5.43 Å².